The van der Waals surface area contributed by atoms with Gasteiger partial charge in [-0.05, 0) is 35.9 Å². The third-order valence-electron chi connectivity index (χ3n) is 5.10. The summed E-state index contributed by atoms with van der Waals surface area (Å²) >= 11 is 6.84. The molecule has 0 saturated carbocycles. The Morgan fingerprint density at radius 2 is 1.81 bits per heavy atom. The molecular weight excluding hydrogens is 522 g/mol. The molecule has 36 heavy (non-hydrogen) atoms. The predicted molar refractivity (Wildman–Crippen MR) is 140 cm³/mol. The van der Waals surface area contributed by atoms with Crippen LogP contribution in [0.2, 0.25) is 0 Å². The Kier molecular flexibility index (Phi) is 7.45. The number of sulfonamides is 1. The Bertz CT molecular complexity index is 1620. The minimum Gasteiger partial charge on any atom is -0.325 e. The molecule has 0 saturated heterocycles. The number of thioether (sulfide) groups is 1. The molecule has 0 unspecified atom stereocenters. The number of anilines is 1. The van der Waals surface area contributed by atoms with E-state index in [9.17, 15) is 23.3 Å². The quantitative estimate of drug-likeness (QED) is 0.111. The van der Waals surface area contributed by atoms with Gasteiger partial charge in [0.1, 0.15) is 4.64 Å². The van der Waals surface area contributed by atoms with Crippen LogP contribution >= 0.6 is 24.0 Å². The Hall–Kier alpha value is -3.65. The van der Waals surface area contributed by atoms with Gasteiger partial charge in [0, 0.05) is 23.2 Å². The molecule has 0 fully saturated rings. The van der Waals surface area contributed by atoms with E-state index >= 15 is 0 Å². The van der Waals surface area contributed by atoms with Crippen LogP contribution in [0.5, 0.6) is 0 Å². The third kappa shape index (κ3) is 5.94. The Morgan fingerprint density at radius 1 is 1.11 bits per heavy atom. The summed E-state index contributed by atoms with van der Waals surface area (Å²) in [6.07, 6.45) is 0. The summed E-state index contributed by atoms with van der Waals surface area (Å²) in [5.74, 6) is -0.349. The van der Waals surface area contributed by atoms with Crippen molar-refractivity contribution in [3.8, 4) is 0 Å². The maximum absolute atomic E-state index is 12.6. The molecule has 0 aliphatic heterocycles. The van der Waals surface area contributed by atoms with Crippen molar-refractivity contribution in [1.82, 2.24) is 9.55 Å². The SMILES string of the molecule is NS(=O)(=O)c1ccc(NC(=O)CSc2nc3ccc([N+](=O)[O-])cc3c(=S)n2Cc2ccccc2)cc1. The number of non-ortho nitro benzene ring substituents is 1. The first-order chi connectivity index (χ1) is 17.1. The normalized spacial score (nSPS) is 11.4. The maximum atomic E-state index is 12.6. The number of nitro benzene ring substituents is 1. The van der Waals surface area contributed by atoms with Crippen LogP contribution in [-0.2, 0) is 21.4 Å². The van der Waals surface area contributed by atoms with Crippen LogP contribution in [0.3, 0.4) is 0 Å². The van der Waals surface area contributed by atoms with E-state index in [0.717, 1.165) is 17.3 Å². The van der Waals surface area contributed by atoms with Gasteiger partial charge < -0.3 is 9.88 Å². The lowest BCUT2D eigenvalue weighted by Gasteiger charge is -2.15. The van der Waals surface area contributed by atoms with Gasteiger partial charge in [-0.15, -0.1) is 0 Å². The summed E-state index contributed by atoms with van der Waals surface area (Å²) in [4.78, 5) is 27.9. The van der Waals surface area contributed by atoms with Crippen LogP contribution in [0.1, 0.15) is 5.56 Å². The molecule has 1 aromatic heterocycles. The van der Waals surface area contributed by atoms with E-state index in [4.69, 9.17) is 17.4 Å². The molecule has 13 heteroatoms. The first-order valence-corrected chi connectivity index (χ1v) is 13.3. The minimum atomic E-state index is -3.83. The summed E-state index contributed by atoms with van der Waals surface area (Å²) in [5, 5.41) is 20.0. The second kappa shape index (κ2) is 10.5. The number of nitrogens with two attached hydrogens (primary N) is 1. The second-order valence-electron chi connectivity index (χ2n) is 7.64. The lowest BCUT2D eigenvalue weighted by Crippen LogP contribution is -2.16. The summed E-state index contributed by atoms with van der Waals surface area (Å²) < 4.78 is 24.9. The number of benzene rings is 3. The predicted octanol–water partition coefficient (Wildman–Crippen LogP) is 4.10. The highest BCUT2D eigenvalue weighted by atomic mass is 32.2. The molecular formula is C23H19N5O5S3. The van der Waals surface area contributed by atoms with Crippen molar-refractivity contribution in [2.24, 2.45) is 5.14 Å². The highest BCUT2D eigenvalue weighted by Crippen LogP contribution is 2.26. The zero-order valence-corrected chi connectivity index (χ0v) is 21.0. The van der Waals surface area contributed by atoms with E-state index in [-0.39, 0.29) is 22.2 Å². The molecule has 0 radical (unpaired) electrons. The average Bonchev–Trinajstić information content (AvgIpc) is 2.85. The van der Waals surface area contributed by atoms with Gasteiger partial charge in [-0.3, -0.25) is 14.9 Å². The molecule has 3 aromatic carbocycles. The third-order valence-corrected chi connectivity index (χ3v) is 7.44. The number of amides is 1. The molecule has 4 rings (SSSR count). The first kappa shape index (κ1) is 25.4. The topological polar surface area (TPSA) is 150 Å². The maximum Gasteiger partial charge on any atom is 0.270 e. The van der Waals surface area contributed by atoms with Gasteiger partial charge in [-0.25, -0.2) is 18.5 Å². The number of nitrogens with one attached hydrogen (secondary N) is 1. The number of hydrogen-bond donors (Lipinski definition) is 2. The fourth-order valence-electron chi connectivity index (χ4n) is 3.37. The number of rotatable bonds is 8. The van der Waals surface area contributed by atoms with Gasteiger partial charge in [0.2, 0.25) is 15.9 Å². The molecule has 0 aliphatic rings. The van der Waals surface area contributed by atoms with Crippen molar-refractivity contribution in [2.75, 3.05) is 11.1 Å². The molecule has 0 atom stereocenters. The lowest BCUT2D eigenvalue weighted by atomic mass is 10.2. The van der Waals surface area contributed by atoms with Gasteiger partial charge >= 0.3 is 0 Å². The van der Waals surface area contributed by atoms with E-state index in [2.05, 4.69) is 10.3 Å². The fourth-order valence-corrected chi connectivity index (χ4v) is 5.07. The van der Waals surface area contributed by atoms with Gasteiger partial charge in [0.05, 0.1) is 27.6 Å². The van der Waals surface area contributed by atoms with E-state index in [1.807, 2.05) is 30.3 Å². The molecule has 1 amide bonds. The molecule has 1 heterocycles. The van der Waals surface area contributed by atoms with Crippen molar-refractivity contribution < 1.29 is 18.1 Å². The van der Waals surface area contributed by atoms with Crippen LogP contribution in [0.25, 0.3) is 10.9 Å². The second-order valence-corrected chi connectivity index (χ2v) is 10.5. The molecule has 0 bridgehead atoms. The number of carbonyl (C=O) groups is 1. The number of nitrogens with zero attached hydrogens (tertiary/aromatic N) is 3. The van der Waals surface area contributed by atoms with E-state index < -0.39 is 14.9 Å². The average molecular weight is 542 g/mol. The highest BCUT2D eigenvalue weighted by molar-refractivity contribution is 7.99. The monoisotopic (exact) mass is 541 g/mol. The molecule has 4 aromatic rings. The number of hydrogen-bond acceptors (Lipinski definition) is 8. The van der Waals surface area contributed by atoms with Crippen molar-refractivity contribution in [1.29, 1.82) is 0 Å². The van der Waals surface area contributed by atoms with Crippen molar-refractivity contribution in [3.05, 3.63) is 93.1 Å². The minimum absolute atomic E-state index is 0.00795. The molecule has 3 N–H and O–H groups in total. The molecule has 0 spiro atoms. The first-order valence-electron chi connectivity index (χ1n) is 10.4. The van der Waals surface area contributed by atoms with Crippen molar-refractivity contribution in [2.45, 2.75) is 16.6 Å². The van der Waals surface area contributed by atoms with Crippen LogP contribution < -0.4 is 10.5 Å². The highest BCUT2D eigenvalue weighted by Gasteiger charge is 2.15. The van der Waals surface area contributed by atoms with E-state index in [1.54, 1.807) is 4.57 Å². The largest absolute Gasteiger partial charge is 0.325 e. The lowest BCUT2D eigenvalue weighted by molar-refractivity contribution is -0.384. The number of fused-ring (bicyclic) bond motifs is 1. The number of nitro groups is 1. The van der Waals surface area contributed by atoms with Gasteiger partial charge in [0.25, 0.3) is 5.69 Å². The standard InChI is InChI=1S/C23H19N5O5S3/c24-36(32,33)18-9-6-16(7-10-18)25-21(29)14-35-23-26-20-11-8-17(28(30)31)12-19(20)22(34)27(23)13-15-4-2-1-3-5-15/h1-12H,13-14H2,(H,25,29)(H2,24,32,33). The van der Waals surface area contributed by atoms with Crippen LogP contribution in [0.4, 0.5) is 11.4 Å². The summed E-state index contributed by atoms with van der Waals surface area (Å²) in [6, 6.07) is 19.3. The number of carbonyl (C=O) groups excluding carboxylic acids is 1. The van der Waals surface area contributed by atoms with Crippen LogP contribution in [0, 0.1) is 14.8 Å². The van der Waals surface area contributed by atoms with Crippen molar-refractivity contribution in [3.63, 3.8) is 0 Å². The molecule has 0 aliphatic carbocycles. The van der Waals surface area contributed by atoms with Gasteiger partial charge in [-0.2, -0.15) is 0 Å². The van der Waals surface area contributed by atoms with Gasteiger partial charge in [-0.1, -0.05) is 54.3 Å². The van der Waals surface area contributed by atoms with E-state index in [0.29, 0.717) is 32.9 Å². The smallest absolute Gasteiger partial charge is 0.270 e. The van der Waals surface area contributed by atoms with Crippen LogP contribution in [0.15, 0.2) is 82.8 Å². The fraction of sp³-hybridized carbons (Fsp3) is 0.0870. The summed E-state index contributed by atoms with van der Waals surface area (Å²) in [6.45, 7) is 0.365. The van der Waals surface area contributed by atoms with E-state index in [1.165, 1.54) is 42.5 Å². The molecule has 184 valence electrons. The Morgan fingerprint density at radius 3 is 2.44 bits per heavy atom. The Labute approximate surface area is 215 Å². The summed E-state index contributed by atoms with van der Waals surface area (Å²) in [5.41, 5.74) is 1.75. The van der Waals surface area contributed by atoms with Crippen LogP contribution in [-0.4, -0.2) is 34.6 Å². The zero-order valence-electron chi connectivity index (χ0n) is 18.5. The summed E-state index contributed by atoms with van der Waals surface area (Å²) in [7, 11) is -3.83. The zero-order chi connectivity index (χ0) is 25.9. The van der Waals surface area contributed by atoms with Crippen molar-refractivity contribution >= 4 is 62.2 Å². The number of primary sulfonamides is 1. The molecule has 10 nitrogen and oxygen atoms in total. The van der Waals surface area contributed by atoms with Gasteiger partial charge in [0.15, 0.2) is 5.16 Å². The Balaban J connectivity index is 1.61. The number of aromatic nitrogens is 2.